The van der Waals surface area contributed by atoms with Crippen LogP contribution in [-0.2, 0) is 10.1 Å². The molecule has 1 aromatic rings. The Balaban J connectivity index is 0.00000361. The van der Waals surface area contributed by atoms with Crippen molar-refractivity contribution >= 4 is 67.2 Å². The van der Waals surface area contributed by atoms with E-state index in [9.17, 15) is 18.5 Å². The first-order valence-corrected chi connectivity index (χ1v) is 7.23. The molecule has 1 aromatic carbocycles. The van der Waals surface area contributed by atoms with E-state index in [-0.39, 0.29) is 69.4 Å². The van der Waals surface area contributed by atoms with Gasteiger partial charge >= 0.3 is 0 Å². The zero-order valence-electron chi connectivity index (χ0n) is 11.4. The number of hydrogen-bond donors (Lipinski definition) is 1. The molecule has 107 valence electrons. The van der Waals surface area contributed by atoms with E-state index in [1.54, 1.807) is 13.0 Å². The summed E-state index contributed by atoms with van der Waals surface area (Å²) in [5.74, 6) is 0.199. The van der Waals surface area contributed by atoms with Crippen LogP contribution in [0.4, 0.5) is 5.69 Å². The SMILES string of the molecule is Cc1cc(OCCCCS(=O)(=O)O)ccc1[N+](=O)[O-].[K]. The Morgan fingerprint density at radius 1 is 1.35 bits per heavy atom. The minimum absolute atomic E-state index is 0. The summed E-state index contributed by atoms with van der Waals surface area (Å²) in [6.07, 6.45) is 0.765. The summed E-state index contributed by atoms with van der Waals surface area (Å²) < 4.78 is 34.8. The van der Waals surface area contributed by atoms with Gasteiger partial charge in [-0.05, 0) is 31.9 Å². The zero-order chi connectivity index (χ0) is 14.5. The molecule has 0 saturated heterocycles. The molecule has 0 unspecified atom stereocenters. The molecule has 0 saturated carbocycles. The van der Waals surface area contributed by atoms with Gasteiger partial charge in [0.05, 0.1) is 17.3 Å². The van der Waals surface area contributed by atoms with E-state index in [2.05, 4.69) is 0 Å². The molecular formula is C11H15KNO6S. The first-order valence-electron chi connectivity index (χ1n) is 5.62. The molecule has 20 heavy (non-hydrogen) atoms. The molecule has 0 aromatic heterocycles. The third-order valence-electron chi connectivity index (χ3n) is 2.43. The second kappa shape index (κ2) is 9.08. The van der Waals surface area contributed by atoms with Crippen LogP contribution in [0.2, 0.25) is 0 Å². The van der Waals surface area contributed by atoms with Crippen LogP contribution in [0.15, 0.2) is 18.2 Å². The number of benzene rings is 1. The van der Waals surface area contributed by atoms with E-state index in [1.165, 1.54) is 12.1 Å². The van der Waals surface area contributed by atoms with E-state index in [4.69, 9.17) is 9.29 Å². The predicted molar refractivity (Wildman–Crippen MR) is 74.7 cm³/mol. The maximum absolute atomic E-state index is 10.6. The Morgan fingerprint density at radius 3 is 2.50 bits per heavy atom. The fourth-order valence-electron chi connectivity index (χ4n) is 1.50. The van der Waals surface area contributed by atoms with Crippen molar-refractivity contribution in [3.63, 3.8) is 0 Å². The Bertz CT molecular complexity index is 560. The van der Waals surface area contributed by atoms with Gasteiger partial charge in [0.15, 0.2) is 0 Å². The second-order valence-corrected chi connectivity index (χ2v) is 5.62. The topological polar surface area (TPSA) is 107 Å². The van der Waals surface area contributed by atoms with Crippen molar-refractivity contribution in [1.82, 2.24) is 0 Å². The van der Waals surface area contributed by atoms with Gasteiger partial charge in [-0.1, -0.05) is 0 Å². The van der Waals surface area contributed by atoms with E-state index in [0.717, 1.165) is 0 Å². The molecule has 1 rings (SSSR count). The van der Waals surface area contributed by atoms with Crippen molar-refractivity contribution in [3.8, 4) is 5.75 Å². The molecule has 0 aliphatic rings. The summed E-state index contributed by atoms with van der Waals surface area (Å²) in [4.78, 5) is 10.1. The van der Waals surface area contributed by atoms with Crippen LogP contribution in [-0.4, -0.2) is 81.6 Å². The van der Waals surface area contributed by atoms with Crippen LogP contribution in [0.1, 0.15) is 18.4 Å². The molecule has 0 amide bonds. The Labute approximate surface area is 160 Å². The van der Waals surface area contributed by atoms with Crippen molar-refractivity contribution in [2.24, 2.45) is 0 Å². The largest absolute Gasteiger partial charge is 0.494 e. The molecule has 0 aliphatic heterocycles. The average molecular weight is 328 g/mol. The van der Waals surface area contributed by atoms with Gasteiger partial charge in [0, 0.05) is 63.0 Å². The number of ether oxygens (including phenoxy) is 1. The maximum Gasteiger partial charge on any atom is 0.272 e. The second-order valence-electron chi connectivity index (χ2n) is 4.05. The van der Waals surface area contributed by atoms with Crippen LogP contribution in [0.5, 0.6) is 5.75 Å². The van der Waals surface area contributed by atoms with Crippen molar-refractivity contribution < 1.29 is 22.6 Å². The molecule has 0 aliphatic carbocycles. The van der Waals surface area contributed by atoms with Crippen molar-refractivity contribution in [2.75, 3.05) is 12.4 Å². The van der Waals surface area contributed by atoms with Crippen LogP contribution in [0, 0.1) is 17.0 Å². The molecule has 9 heteroatoms. The van der Waals surface area contributed by atoms with Crippen LogP contribution >= 0.6 is 0 Å². The number of nitro benzene ring substituents is 1. The van der Waals surface area contributed by atoms with Gasteiger partial charge in [-0.3, -0.25) is 14.7 Å². The van der Waals surface area contributed by atoms with Gasteiger partial charge in [0.2, 0.25) is 0 Å². The quantitative estimate of drug-likeness (QED) is 0.268. The molecule has 7 nitrogen and oxygen atoms in total. The molecule has 0 spiro atoms. The van der Waals surface area contributed by atoms with Gasteiger partial charge in [0.1, 0.15) is 5.75 Å². The minimum atomic E-state index is -3.92. The third-order valence-corrected chi connectivity index (χ3v) is 3.23. The summed E-state index contributed by atoms with van der Waals surface area (Å²) in [7, 11) is -3.92. The monoisotopic (exact) mass is 328 g/mol. The normalized spacial score (nSPS) is 10.7. The van der Waals surface area contributed by atoms with Crippen LogP contribution < -0.4 is 4.74 Å². The Kier molecular flexibility index (Phi) is 9.06. The number of hydrogen-bond acceptors (Lipinski definition) is 5. The van der Waals surface area contributed by atoms with Gasteiger partial charge in [-0.2, -0.15) is 8.42 Å². The third kappa shape index (κ3) is 7.67. The molecule has 0 atom stereocenters. The minimum Gasteiger partial charge on any atom is -0.494 e. The molecule has 0 heterocycles. The molecule has 1 N–H and O–H groups in total. The van der Waals surface area contributed by atoms with E-state index < -0.39 is 15.0 Å². The number of rotatable bonds is 7. The summed E-state index contributed by atoms with van der Waals surface area (Å²) in [5.41, 5.74) is 0.527. The first-order chi connectivity index (χ1) is 8.79. The number of unbranched alkanes of at least 4 members (excludes halogenated alkanes) is 1. The number of nitro groups is 1. The molecule has 0 fully saturated rings. The summed E-state index contributed by atoms with van der Waals surface area (Å²) >= 11 is 0. The smallest absolute Gasteiger partial charge is 0.272 e. The fraction of sp³-hybridized carbons (Fsp3) is 0.455. The van der Waals surface area contributed by atoms with Gasteiger partial charge < -0.3 is 4.74 Å². The predicted octanol–water partition coefficient (Wildman–Crippen LogP) is 1.57. The van der Waals surface area contributed by atoms with Crippen LogP contribution in [0.3, 0.4) is 0 Å². The summed E-state index contributed by atoms with van der Waals surface area (Å²) in [6, 6.07) is 4.41. The van der Waals surface area contributed by atoms with Crippen molar-refractivity contribution in [1.29, 1.82) is 0 Å². The van der Waals surface area contributed by atoms with Gasteiger partial charge in [-0.25, -0.2) is 0 Å². The fourth-order valence-corrected chi connectivity index (χ4v) is 2.07. The summed E-state index contributed by atoms with van der Waals surface area (Å²) in [5, 5.41) is 10.6. The summed E-state index contributed by atoms with van der Waals surface area (Å²) in [6.45, 7) is 1.90. The van der Waals surface area contributed by atoms with E-state index >= 15 is 0 Å². The number of aryl methyl sites for hydroxylation is 1. The van der Waals surface area contributed by atoms with E-state index in [0.29, 0.717) is 24.2 Å². The van der Waals surface area contributed by atoms with Crippen molar-refractivity contribution in [3.05, 3.63) is 33.9 Å². The van der Waals surface area contributed by atoms with Crippen molar-refractivity contribution in [2.45, 2.75) is 19.8 Å². The number of nitrogens with zero attached hydrogens (tertiary/aromatic N) is 1. The Hall–Kier alpha value is -0.0336. The first kappa shape index (κ1) is 20.0. The average Bonchev–Trinajstić information content (AvgIpc) is 2.26. The zero-order valence-corrected chi connectivity index (χ0v) is 15.3. The van der Waals surface area contributed by atoms with Gasteiger partial charge in [0.25, 0.3) is 15.8 Å². The molecular weight excluding hydrogens is 313 g/mol. The maximum atomic E-state index is 10.6. The molecule has 1 radical (unpaired) electrons. The van der Waals surface area contributed by atoms with Crippen LogP contribution in [0.25, 0.3) is 0 Å². The molecule has 0 bridgehead atoms. The van der Waals surface area contributed by atoms with Gasteiger partial charge in [-0.15, -0.1) is 0 Å². The Morgan fingerprint density at radius 2 is 2.00 bits per heavy atom. The standard InChI is InChI=1S/C11H15NO6S.K/c1-9-8-10(4-5-11(9)12(13)14)18-6-2-3-7-19(15,16)17;/h4-5,8H,2-3,6-7H2,1H3,(H,15,16,17);. The van der Waals surface area contributed by atoms with E-state index in [1.807, 2.05) is 0 Å².